The van der Waals surface area contributed by atoms with Gasteiger partial charge in [0.15, 0.2) is 6.79 Å². The Kier molecular flexibility index (Phi) is 7.23. The summed E-state index contributed by atoms with van der Waals surface area (Å²) in [7, 11) is 0. The smallest absolute Gasteiger partial charge is 0.270 e. The number of fused-ring (bicyclic) bond motifs is 1. The van der Waals surface area contributed by atoms with Crippen LogP contribution < -0.4 is 19.5 Å². The molecule has 30 heavy (non-hydrogen) atoms. The van der Waals surface area contributed by atoms with E-state index in [2.05, 4.69) is 5.32 Å². The molecule has 1 heterocycles. The SMILES string of the molecule is CCOc1ccc(OCCNC(=O)/C=C/c2cc([N+](=O)[O-])cc3c2OCOC3)cc1. The maximum atomic E-state index is 12.1. The van der Waals surface area contributed by atoms with Crippen LogP contribution in [0.4, 0.5) is 5.69 Å². The summed E-state index contributed by atoms with van der Waals surface area (Å²) in [6.07, 6.45) is 2.79. The highest BCUT2D eigenvalue weighted by Gasteiger charge is 2.19. The summed E-state index contributed by atoms with van der Waals surface area (Å²) in [5.74, 6) is 1.57. The molecule has 1 aliphatic heterocycles. The van der Waals surface area contributed by atoms with Gasteiger partial charge in [-0.1, -0.05) is 0 Å². The van der Waals surface area contributed by atoms with Crippen LogP contribution in [0.2, 0.25) is 0 Å². The Balaban J connectivity index is 1.52. The van der Waals surface area contributed by atoms with Crippen molar-refractivity contribution in [1.82, 2.24) is 5.32 Å². The van der Waals surface area contributed by atoms with Crippen LogP contribution in [0.3, 0.4) is 0 Å². The van der Waals surface area contributed by atoms with Gasteiger partial charge in [0.25, 0.3) is 5.69 Å². The van der Waals surface area contributed by atoms with Gasteiger partial charge in [0.05, 0.1) is 24.7 Å². The number of nitro groups is 1. The van der Waals surface area contributed by atoms with Crippen LogP contribution >= 0.6 is 0 Å². The Bertz CT molecular complexity index is 926. The van der Waals surface area contributed by atoms with Crippen LogP contribution in [0.1, 0.15) is 18.1 Å². The third kappa shape index (κ3) is 5.71. The third-order valence-corrected chi connectivity index (χ3v) is 4.15. The second-order valence-electron chi connectivity index (χ2n) is 6.27. The van der Waals surface area contributed by atoms with Crippen molar-refractivity contribution in [3.05, 3.63) is 63.7 Å². The van der Waals surface area contributed by atoms with E-state index in [0.29, 0.717) is 42.4 Å². The highest BCUT2D eigenvalue weighted by Crippen LogP contribution is 2.33. The highest BCUT2D eigenvalue weighted by atomic mass is 16.7. The monoisotopic (exact) mass is 414 g/mol. The molecule has 0 saturated carbocycles. The van der Waals surface area contributed by atoms with Gasteiger partial charge >= 0.3 is 0 Å². The van der Waals surface area contributed by atoms with E-state index in [9.17, 15) is 14.9 Å². The van der Waals surface area contributed by atoms with Crippen molar-refractivity contribution in [1.29, 1.82) is 0 Å². The van der Waals surface area contributed by atoms with E-state index in [1.165, 1.54) is 24.3 Å². The lowest BCUT2D eigenvalue weighted by Crippen LogP contribution is -2.26. The Morgan fingerprint density at radius 2 is 1.97 bits per heavy atom. The van der Waals surface area contributed by atoms with Crippen LogP contribution in [-0.4, -0.2) is 37.4 Å². The first-order valence-corrected chi connectivity index (χ1v) is 9.40. The number of nitro benzene ring substituents is 1. The maximum absolute atomic E-state index is 12.1. The molecular formula is C21H22N2O7. The van der Waals surface area contributed by atoms with E-state index in [0.717, 1.165) is 5.75 Å². The zero-order valence-corrected chi connectivity index (χ0v) is 16.5. The van der Waals surface area contributed by atoms with Crippen molar-refractivity contribution in [2.45, 2.75) is 13.5 Å². The Morgan fingerprint density at radius 3 is 2.67 bits per heavy atom. The largest absolute Gasteiger partial charge is 0.494 e. The minimum absolute atomic E-state index is 0.0563. The van der Waals surface area contributed by atoms with Crippen molar-refractivity contribution in [2.75, 3.05) is 26.6 Å². The van der Waals surface area contributed by atoms with Gasteiger partial charge in [0.1, 0.15) is 23.9 Å². The van der Waals surface area contributed by atoms with Gasteiger partial charge < -0.3 is 24.3 Å². The zero-order valence-electron chi connectivity index (χ0n) is 16.5. The van der Waals surface area contributed by atoms with E-state index >= 15 is 0 Å². The van der Waals surface area contributed by atoms with Gasteiger partial charge in [-0.15, -0.1) is 0 Å². The van der Waals surface area contributed by atoms with Crippen LogP contribution in [0.5, 0.6) is 17.2 Å². The van der Waals surface area contributed by atoms with Crippen molar-refractivity contribution in [2.24, 2.45) is 0 Å². The average molecular weight is 414 g/mol. The first kappa shape index (κ1) is 21.1. The van der Waals surface area contributed by atoms with Crippen molar-refractivity contribution < 1.29 is 28.7 Å². The molecule has 0 saturated heterocycles. The normalized spacial score (nSPS) is 12.7. The van der Waals surface area contributed by atoms with Crippen molar-refractivity contribution >= 4 is 17.7 Å². The number of amides is 1. The molecule has 158 valence electrons. The molecule has 0 unspecified atom stereocenters. The Morgan fingerprint density at radius 1 is 1.23 bits per heavy atom. The minimum atomic E-state index is -0.495. The lowest BCUT2D eigenvalue weighted by atomic mass is 10.1. The van der Waals surface area contributed by atoms with Crippen molar-refractivity contribution in [3.63, 3.8) is 0 Å². The molecule has 1 N–H and O–H groups in total. The fraction of sp³-hybridized carbons (Fsp3) is 0.286. The number of hydrogen-bond donors (Lipinski definition) is 1. The summed E-state index contributed by atoms with van der Waals surface area (Å²) in [6.45, 7) is 3.37. The van der Waals surface area contributed by atoms with E-state index in [4.69, 9.17) is 18.9 Å². The summed E-state index contributed by atoms with van der Waals surface area (Å²) >= 11 is 0. The molecule has 0 aromatic heterocycles. The van der Waals surface area contributed by atoms with Crippen LogP contribution in [0.15, 0.2) is 42.5 Å². The Labute approximate surface area is 173 Å². The molecule has 2 aromatic carbocycles. The summed E-state index contributed by atoms with van der Waals surface area (Å²) in [6, 6.07) is 9.98. The first-order chi connectivity index (χ1) is 14.6. The lowest BCUT2D eigenvalue weighted by Gasteiger charge is -2.19. The summed E-state index contributed by atoms with van der Waals surface area (Å²) in [5, 5.41) is 13.8. The number of carbonyl (C=O) groups is 1. The van der Waals surface area contributed by atoms with E-state index < -0.39 is 4.92 Å². The van der Waals surface area contributed by atoms with Crippen LogP contribution in [-0.2, 0) is 16.1 Å². The van der Waals surface area contributed by atoms with E-state index in [1.54, 1.807) is 12.1 Å². The number of non-ortho nitro benzene ring substituents is 1. The van der Waals surface area contributed by atoms with E-state index in [1.807, 2.05) is 19.1 Å². The second-order valence-corrected chi connectivity index (χ2v) is 6.27. The summed E-state index contributed by atoms with van der Waals surface area (Å²) < 4.78 is 21.5. The number of hydrogen-bond acceptors (Lipinski definition) is 7. The fourth-order valence-corrected chi connectivity index (χ4v) is 2.83. The van der Waals surface area contributed by atoms with Crippen molar-refractivity contribution in [3.8, 4) is 17.2 Å². The molecule has 0 spiro atoms. The van der Waals surface area contributed by atoms with Gasteiger partial charge in [0, 0.05) is 29.3 Å². The predicted octanol–water partition coefficient (Wildman–Crippen LogP) is 3.07. The Hall–Kier alpha value is -3.59. The fourth-order valence-electron chi connectivity index (χ4n) is 2.83. The number of rotatable bonds is 9. The van der Waals surface area contributed by atoms with Crippen LogP contribution in [0, 0.1) is 10.1 Å². The minimum Gasteiger partial charge on any atom is -0.494 e. The van der Waals surface area contributed by atoms with Gasteiger partial charge in [-0.05, 0) is 37.3 Å². The molecule has 0 bridgehead atoms. The third-order valence-electron chi connectivity index (χ3n) is 4.15. The highest BCUT2D eigenvalue weighted by molar-refractivity contribution is 5.92. The molecule has 3 rings (SSSR count). The number of ether oxygens (including phenoxy) is 4. The number of benzene rings is 2. The molecule has 0 aliphatic carbocycles. The lowest BCUT2D eigenvalue weighted by molar-refractivity contribution is -0.385. The summed E-state index contributed by atoms with van der Waals surface area (Å²) in [4.78, 5) is 22.7. The number of nitrogens with zero attached hydrogens (tertiary/aromatic N) is 1. The molecule has 1 amide bonds. The van der Waals surface area contributed by atoms with Crippen LogP contribution in [0.25, 0.3) is 6.08 Å². The molecule has 9 heteroatoms. The number of carbonyl (C=O) groups excluding carboxylic acids is 1. The summed E-state index contributed by atoms with van der Waals surface area (Å²) in [5.41, 5.74) is 0.925. The molecule has 0 atom stereocenters. The zero-order chi connectivity index (χ0) is 21.3. The molecule has 2 aromatic rings. The molecule has 0 radical (unpaired) electrons. The van der Waals surface area contributed by atoms with Gasteiger partial charge in [-0.25, -0.2) is 0 Å². The van der Waals surface area contributed by atoms with Gasteiger partial charge in [0.2, 0.25) is 5.91 Å². The van der Waals surface area contributed by atoms with E-state index in [-0.39, 0.29) is 25.0 Å². The predicted molar refractivity (Wildman–Crippen MR) is 109 cm³/mol. The molecule has 1 aliphatic rings. The standard InChI is InChI=1S/C21H22N2O7/c1-2-28-18-4-6-19(7-5-18)29-10-9-22-20(24)8-3-15-11-17(23(25)26)12-16-13-27-14-30-21(15)16/h3-8,11-12H,2,9-10,13-14H2,1H3,(H,22,24)/b8-3+. The second kappa shape index (κ2) is 10.3. The number of nitrogens with one attached hydrogen (secondary N) is 1. The first-order valence-electron chi connectivity index (χ1n) is 9.40. The maximum Gasteiger partial charge on any atom is 0.270 e. The molecular weight excluding hydrogens is 392 g/mol. The topological polar surface area (TPSA) is 109 Å². The molecule has 0 fully saturated rings. The van der Waals surface area contributed by atoms with Gasteiger partial charge in [-0.2, -0.15) is 0 Å². The molecule has 9 nitrogen and oxygen atoms in total. The average Bonchev–Trinajstić information content (AvgIpc) is 2.76. The quantitative estimate of drug-likeness (QED) is 0.291. The van der Waals surface area contributed by atoms with Gasteiger partial charge in [-0.3, -0.25) is 14.9 Å².